The Morgan fingerprint density at radius 3 is 2.72 bits per heavy atom. The standard InChI is InChI=1S/C18H18BrClN2O3/c1-2-8-21-18(24)12-4-3-5-14(9-12)22-17(23)11-25-16-7-6-13(19)10-15(16)20/h3-7,9-10H,2,8,11H2,1H3,(H,21,24)(H,22,23). The SMILES string of the molecule is CCCNC(=O)c1cccc(NC(=O)COc2ccc(Br)cc2Cl)c1. The minimum Gasteiger partial charge on any atom is -0.482 e. The first-order valence-corrected chi connectivity index (χ1v) is 8.92. The molecule has 0 saturated heterocycles. The monoisotopic (exact) mass is 424 g/mol. The Kier molecular flexibility index (Phi) is 7.28. The molecule has 0 bridgehead atoms. The average Bonchev–Trinajstić information content (AvgIpc) is 2.59. The number of hydrogen-bond donors (Lipinski definition) is 2. The Balaban J connectivity index is 1.93. The van der Waals surface area contributed by atoms with Crippen LogP contribution in [0, 0.1) is 0 Å². The maximum atomic E-state index is 12.0. The Bertz CT molecular complexity index is 768. The quantitative estimate of drug-likeness (QED) is 0.696. The minimum atomic E-state index is -0.342. The maximum Gasteiger partial charge on any atom is 0.262 e. The van der Waals surface area contributed by atoms with Crippen LogP contribution in [0.5, 0.6) is 5.75 Å². The van der Waals surface area contributed by atoms with Crippen LogP contribution in [0.1, 0.15) is 23.7 Å². The van der Waals surface area contributed by atoms with Crippen molar-refractivity contribution in [2.45, 2.75) is 13.3 Å². The van der Waals surface area contributed by atoms with E-state index in [2.05, 4.69) is 26.6 Å². The van der Waals surface area contributed by atoms with Crippen molar-refractivity contribution in [1.29, 1.82) is 0 Å². The summed E-state index contributed by atoms with van der Waals surface area (Å²) in [7, 11) is 0. The molecule has 2 aromatic rings. The third kappa shape index (κ3) is 6.07. The highest BCUT2D eigenvalue weighted by molar-refractivity contribution is 9.10. The van der Waals surface area contributed by atoms with Crippen molar-refractivity contribution in [2.24, 2.45) is 0 Å². The van der Waals surface area contributed by atoms with E-state index in [9.17, 15) is 9.59 Å². The lowest BCUT2D eigenvalue weighted by atomic mass is 10.2. The molecule has 0 heterocycles. The van der Waals surface area contributed by atoms with Gasteiger partial charge in [0.1, 0.15) is 5.75 Å². The van der Waals surface area contributed by atoms with Crippen LogP contribution < -0.4 is 15.4 Å². The first-order valence-electron chi connectivity index (χ1n) is 7.75. The average molecular weight is 426 g/mol. The van der Waals surface area contributed by atoms with Crippen LogP contribution in [0.3, 0.4) is 0 Å². The summed E-state index contributed by atoms with van der Waals surface area (Å²) < 4.78 is 6.24. The topological polar surface area (TPSA) is 67.4 Å². The van der Waals surface area contributed by atoms with E-state index in [0.717, 1.165) is 10.9 Å². The van der Waals surface area contributed by atoms with E-state index in [4.69, 9.17) is 16.3 Å². The smallest absolute Gasteiger partial charge is 0.262 e. The van der Waals surface area contributed by atoms with Gasteiger partial charge in [-0.25, -0.2) is 0 Å². The van der Waals surface area contributed by atoms with E-state index in [-0.39, 0.29) is 18.4 Å². The third-order valence-corrected chi connectivity index (χ3v) is 3.99. The molecule has 0 aromatic heterocycles. The van der Waals surface area contributed by atoms with Crippen LogP contribution in [0.25, 0.3) is 0 Å². The maximum absolute atomic E-state index is 12.0. The predicted molar refractivity (Wildman–Crippen MR) is 102 cm³/mol. The van der Waals surface area contributed by atoms with Crippen LogP contribution >= 0.6 is 27.5 Å². The van der Waals surface area contributed by atoms with Gasteiger partial charge in [-0.05, 0) is 42.8 Å². The van der Waals surface area contributed by atoms with E-state index in [1.54, 1.807) is 42.5 Å². The molecule has 2 aromatic carbocycles. The van der Waals surface area contributed by atoms with Gasteiger partial charge in [0.25, 0.3) is 11.8 Å². The first-order chi connectivity index (χ1) is 12.0. The zero-order valence-electron chi connectivity index (χ0n) is 13.6. The lowest BCUT2D eigenvalue weighted by Crippen LogP contribution is -2.24. The molecule has 2 amide bonds. The van der Waals surface area contributed by atoms with Gasteiger partial charge in [-0.3, -0.25) is 9.59 Å². The van der Waals surface area contributed by atoms with Gasteiger partial charge < -0.3 is 15.4 Å². The number of carbonyl (C=O) groups excluding carboxylic acids is 2. The third-order valence-electron chi connectivity index (χ3n) is 3.20. The number of nitrogens with one attached hydrogen (secondary N) is 2. The molecule has 0 saturated carbocycles. The lowest BCUT2D eigenvalue weighted by Gasteiger charge is -2.10. The van der Waals surface area contributed by atoms with Crippen molar-refractivity contribution >= 4 is 45.0 Å². The molecule has 2 rings (SSSR count). The van der Waals surface area contributed by atoms with Gasteiger partial charge in [0, 0.05) is 22.3 Å². The van der Waals surface area contributed by atoms with Crippen LogP contribution in [0.15, 0.2) is 46.9 Å². The predicted octanol–water partition coefficient (Wildman–Crippen LogP) is 4.26. The van der Waals surface area contributed by atoms with E-state index >= 15 is 0 Å². The summed E-state index contributed by atoms with van der Waals surface area (Å²) >= 11 is 9.34. The van der Waals surface area contributed by atoms with E-state index in [1.165, 1.54) is 0 Å². The second kappa shape index (κ2) is 9.44. The number of hydrogen-bond acceptors (Lipinski definition) is 3. The molecule has 0 fully saturated rings. The van der Waals surface area contributed by atoms with Gasteiger partial charge in [0.15, 0.2) is 6.61 Å². The molecule has 0 unspecified atom stereocenters. The van der Waals surface area contributed by atoms with Crippen LogP contribution in [-0.4, -0.2) is 25.0 Å². The first kappa shape index (κ1) is 19.3. The Morgan fingerprint density at radius 1 is 1.20 bits per heavy atom. The number of amides is 2. The fourth-order valence-corrected chi connectivity index (χ4v) is 2.74. The van der Waals surface area contributed by atoms with E-state index < -0.39 is 0 Å². The molecule has 0 atom stereocenters. The molecule has 0 spiro atoms. The zero-order valence-corrected chi connectivity index (χ0v) is 16.0. The van der Waals surface area contributed by atoms with Crippen LogP contribution in [0.4, 0.5) is 5.69 Å². The van der Waals surface area contributed by atoms with Crippen molar-refractivity contribution in [1.82, 2.24) is 5.32 Å². The minimum absolute atomic E-state index is 0.171. The summed E-state index contributed by atoms with van der Waals surface area (Å²) in [6.45, 7) is 2.40. The van der Waals surface area contributed by atoms with Gasteiger partial charge in [-0.1, -0.05) is 40.5 Å². The van der Waals surface area contributed by atoms with Gasteiger partial charge in [-0.15, -0.1) is 0 Å². The molecule has 0 aliphatic rings. The number of rotatable bonds is 7. The second-order valence-corrected chi connectivity index (χ2v) is 6.57. The summed E-state index contributed by atoms with van der Waals surface area (Å²) in [5.74, 6) is -0.0892. The molecule has 5 nitrogen and oxygen atoms in total. The Labute approximate surface area is 159 Å². The molecule has 132 valence electrons. The van der Waals surface area contributed by atoms with Crippen molar-refractivity contribution in [3.8, 4) is 5.75 Å². The van der Waals surface area contributed by atoms with Crippen molar-refractivity contribution in [3.63, 3.8) is 0 Å². The van der Waals surface area contributed by atoms with Crippen LogP contribution in [0.2, 0.25) is 5.02 Å². The number of ether oxygens (including phenoxy) is 1. The normalized spacial score (nSPS) is 10.2. The lowest BCUT2D eigenvalue weighted by molar-refractivity contribution is -0.118. The highest BCUT2D eigenvalue weighted by Gasteiger charge is 2.09. The Morgan fingerprint density at radius 2 is 2.00 bits per heavy atom. The molecule has 0 aliphatic heterocycles. The largest absolute Gasteiger partial charge is 0.482 e. The molecule has 2 N–H and O–H groups in total. The number of halogens is 2. The molecule has 0 aliphatic carbocycles. The summed E-state index contributed by atoms with van der Waals surface area (Å²) in [5, 5.41) is 5.90. The fraction of sp³-hybridized carbons (Fsp3) is 0.222. The highest BCUT2D eigenvalue weighted by atomic mass is 79.9. The molecular weight excluding hydrogens is 408 g/mol. The number of anilines is 1. The van der Waals surface area contributed by atoms with Gasteiger partial charge in [0.05, 0.1) is 5.02 Å². The van der Waals surface area contributed by atoms with E-state index in [1.807, 2.05) is 6.92 Å². The summed E-state index contributed by atoms with van der Waals surface area (Å²) in [5.41, 5.74) is 1.02. The summed E-state index contributed by atoms with van der Waals surface area (Å²) in [4.78, 5) is 24.0. The summed E-state index contributed by atoms with van der Waals surface area (Å²) in [6, 6.07) is 11.9. The molecule has 0 radical (unpaired) electrons. The van der Waals surface area contributed by atoms with Gasteiger partial charge in [0.2, 0.25) is 0 Å². The fourth-order valence-electron chi connectivity index (χ4n) is 2.01. The van der Waals surface area contributed by atoms with E-state index in [0.29, 0.717) is 28.6 Å². The molecule has 25 heavy (non-hydrogen) atoms. The molecular formula is C18H18BrClN2O3. The second-order valence-electron chi connectivity index (χ2n) is 5.25. The van der Waals surface area contributed by atoms with Gasteiger partial charge in [-0.2, -0.15) is 0 Å². The van der Waals surface area contributed by atoms with Crippen molar-refractivity contribution in [3.05, 3.63) is 57.5 Å². The zero-order chi connectivity index (χ0) is 18.2. The number of carbonyl (C=O) groups is 2. The van der Waals surface area contributed by atoms with Crippen molar-refractivity contribution in [2.75, 3.05) is 18.5 Å². The highest BCUT2D eigenvalue weighted by Crippen LogP contribution is 2.27. The Hall–Kier alpha value is -2.05. The molecule has 7 heteroatoms. The van der Waals surface area contributed by atoms with Gasteiger partial charge >= 0.3 is 0 Å². The van der Waals surface area contributed by atoms with Crippen molar-refractivity contribution < 1.29 is 14.3 Å². The summed E-state index contributed by atoms with van der Waals surface area (Å²) in [6.07, 6.45) is 0.859. The number of benzene rings is 2. The van der Waals surface area contributed by atoms with Crippen LogP contribution in [-0.2, 0) is 4.79 Å².